The number of rotatable bonds is 3. The molecule has 0 saturated carbocycles. The lowest BCUT2D eigenvalue weighted by molar-refractivity contribution is 0.819. The highest BCUT2D eigenvalue weighted by atomic mass is 35.5. The van der Waals surface area contributed by atoms with Crippen LogP contribution in [0.4, 0.5) is 5.69 Å². The standard InChI is InChI=1S/C11H17N3S.2ClH/c1-3-15-11(13)14-10-6-4-5-9(7-10)8(2)12;;/h4-8H,3,12H2,1-2H3,(H2,13,14);2*1H. The van der Waals surface area contributed by atoms with Gasteiger partial charge in [0.2, 0.25) is 0 Å². The Kier molecular flexibility index (Phi) is 10.7. The summed E-state index contributed by atoms with van der Waals surface area (Å²) in [5, 5.41) is 11.1. The van der Waals surface area contributed by atoms with E-state index < -0.39 is 0 Å². The van der Waals surface area contributed by atoms with Crippen molar-refractivity contribution in [3.05, 3.63) is 29.8 Å². The second-order valence-electron chi connectivity index (χ2n) is 3.30. The molecule has 17 heavy (non-hydrogen) atoms. The number of anilines is 1. The van der Waals surface area contributed by atoms with Crippen molar-refractivity contribution in [3.63, 3.8) is 0 Å². The number of nitrogens with one attached hydrogen (secondary N) is 2. The molecule has 0 amide bonds. The van der Waals surface area contributed by atoms with Crippen LogP contribution in [0.5, 0.6) is 0 Å². The molecule has 0 aliphatic rings. The Hall–Kier alpha value is -0.420. The van der Waals surface area contributed by atoms with E-state index in [9.17, 15) is 0 Å². The van der Waals surface area contributed by atoms with Crippen LogP contribution < -0.4 is 11.1 Å². The van der Waals surface area contributed by atoms with E-state index in [0.29, 0.717) is 5.17 Å². The maximum atomic E-state index is 7.62. The number of benzene rings is 1. The normalized spacial score (nSPS) is 10.8. The molecule has 1 rings (SSSR count). The van der Waals surface area contributed by atoms with Gasteiger partial charge in [-0.15, -0.1) is 24.8 Å². The summed E-state index contributed by atoms with van der Waals surface area (Å²) in [6, 6.07) is 7.89. The molecule has 1 unspecified atom stereocenters. The van der Waals surface area contributed by atoms with Gasteiger partial charge in [0, 0.05) is 11.7 Å². The summed E-state index contributed by atoms with van der Waals surface area (Å²) >= 11 is 1.48. The molecule has 98 valence electrons. The molecule has 0 spiro atoms. The Bertz CT molecular complexity index is 345. The molecule has 0 aromatic heterocycles. The van der Waals surface area contributed by atoms with Gasteiger partial charge in [0.1, 0.15) is 0 Å². The largest absolute Gasteiger partial charge is 0.335 e. The van der Waals surface area contributed by atoms with E-state index in [1.165, 1.54) is 11.8 Å². The van der Waals surface area contributed by atoms with Crippen molar-refractivity contribution in [2.75, 3.05) is 11.1 Å². The first kappa shape index (κ1) is 18.9. The van der Waals surface area contributed by atoms with Crippen molar-refractivity contribution in [1.29, 1.82) is 5.41 Å². The lowest BCUT2D eigenvalue weighted by Gasteiger charge is -2.10. The van der Waals surface area contributed by atoms with Crippen molar-refractivity contribution in [1.82, 2.24) is 0 Å². The zero-order valence-corrected chi connectivity index (χ0v) is 12.3. The number of thioether (sulfide) groups is 1. The minimum atomic E-state index is 0. The second-order valence-corrected chi connectivity index (χ2v) is 4.58. The van der Waals surface area contributed by atoms with Crippen molar-refractivity contribution in [3.8, 4) is 0 Å². The van der Waals surface area contributed by atoms with Gasteiger partial charge < -0.3 is 11.1 Å². The number of hydrogen-bond acceptors (Lipinski definition) is 3. The first-order chi connectivity index (χ1) is 7.13. The number of nitrogens with two attached hydrogens (primary N) is 1. The van der Waals surface area contributed by atoms with Crippen LogP contribution in [0.15, 0.2) is 24.3 Å². The zero-order valence-electron chi connectivity index (χ0n) is 9.90. The lowest BCUT2D eigenvalue weighted by Crippen LogP contribution is -2.08. The molecule has 1 atom stereocenters. The van der Waals surface area contributed by atoms with Crippen molar-refractivity contribution in [2.45, 2.75) is 19.9 Å². The topological polar surface area (TPSA) is 61.9 Å². The fourth-order valence-corrected chi connectivity index (χ4v) is 1.69. The fraction of sp³-hybridized carbons (Fsp3) is 0.364. The van der Waals surface area contributed by atoms with Gasteiger partial charge in [0.05, 0.1) is 0 Å². The fourth-order valence-electron chi connectivity index (χ4n) is 1.21. The van der Waals surface area contributed by atoms with Crippen LogP contribution in [0.1, 0.15) is 25.5 Å². The summed E-state index contributed by atoms with van der Waals surface area (Å²) < 4.78 is 0. The van der Waals surface area contributed by atoms with Gasteiger partial charge >= 0.3 is 0 Å². The van der Waals surface area contributed by atoms with Crippen LogP contribution in [-0.2, 0) is 0 Å². The number of amidine groups is 1. The molecule has 3 nitrogen and oxygen atoms in total. The van der Waals surface area contributed by atoms with Gasteiger partial charge in [-0.3, -0.25) is 5.41 Å². The van der Waals surface area contributed by atoms with Gasteiger partial charge in [-0.2, -0.15) is 0 Å². The molecule has 1 aromatic carbocycles. The highest BCUT2D eigenvalue weighted by Crippen LogP contribution is 2.16. The Morgan fingerprint density at radius 3 is 2.65 bits per heavy atom. The molecule has 0 aliphatic carbocycles. The maximum Gasteiger partial charge on any atom is 0.158 e. The molecular weight excluding hydrogens is 277 g/mol. The van der Waals surface area contributed by atoms with E-state index in [2.05, 4.69) is 5.32 Å². The van der Waals surface area contributed by atoms with Gasteiger partial charge in [0.15, 0.2) is 5.17 Å². The van der Waals surface area contributed by atoms with Crippen LogP contribution in [-0.4, -0.2) is 10.9 Å². The average Bonchev–Trinajstić information content (AvgIpc) is 2.18. The molecular formula is C11H19Cl2N3S. The average molecular weight is 296 g/mol. The third-order valence-corrected chi connectivity index (χ3v) is 2.64. The summed E-state index contributed by atoms with van der Waals surface area (Å²) in [6.07, 6.45) is 0. The van der Waals surface area contributed by atoms with E-state index in [1.54, 1.807) is 0 Å². The SMILES string of the molecule is CCSC(=N)Nc1cccc(C(C)N)c1.Cl.Cl. The quantitative estimate of drug-likeness (QED) is 0.589. The zero-order chi connectivity index (χ0) is 11.3. The summed E-state index contributed by atoms with van der Waals surface area (Å²) in [6.45, 7) is 3.98. The third kappa shape index (κ3) is 6.78. The predicted octanol–water partition coefficient (Wildman–Crippen LogP) is 3.65. The summed E-state index contributed by atoms with van der Waals surface area (Å²) in [5.74, 6) is 0.902. The highest BCUT2D eigenvalue weighted by molar-refractivity contribution is 8.14. The Labute approximate surface area is 119 Å². The van der Waals surface area contributed by atoms with E-state index >= 15 is 0 Å². The summed E-state index contributed by atoms with van der Waals surface area (Å²) in [7, 11) is 0. The minimum absolute atomic E-state index is 0. The van der Waals surface area contributed by atoms with E-state index in [1.807, 2.05) is 38.1 Å². The van der Waals surface area contributed by atoms with E-state index in [-0.39, 0.29) is 30.9 Å². The van der Waals surface area contributed by atoms with Crippen LogP contribution >= 0.6 is 36.6 Å². The van der Waals surface area contributed by atoms with Crippen LogP contribution in [0, 0.1) is 5.41 Å². The molecule has 0 radical (unpaired) electrons. The second kappa shape index (κ2) is 9.59. The predicted molar refractivity (Wildman–Crippen MR) is 83.0 cm³/mol. The third-order valence-electron chi connectivity index (χ3n) is 1.96. The van der Waals surface area contributed by atoms with Gasteiger partial charge in [-0.05, 0) is 30.4 Å². The van der Waals surface area contributed by atoms with Crippen molar-refractivity contribution >= 4 is 47.4 Å². The Morgan fingerprint density at radius 2 is 2.12 bits per heavy atom. The van der Waals surface area contributed by atoms with Crippen molar-refractivity contribution in [2.24, 2.45) is 5.73 Å². The number of hydrogen-bond donors (Lipinski definition) is 3. The molecule has 0 saturated heterocycles. The van der Waals surface area contributed by atoms with Gasteiger partial charge in [-0.1, -0.05) is 30.8 Å². The molecule has 0 heterocycles. The monoisotopic (exact) mass is 295 g/mol. The van der Waals surface area contributed by atoms with Crippen molar-refractivity contribution < 1.29 is 0 Å². The maximum absolute atomic E-state index is 7.62. The molecule has 0 fully saturated rings. The minimum Gasteiger partial charge on any atom is -0.335 e. The Balaban J connectivity index is 0. The van der Waals surface area contributed by atoms with Gasteiger partial charge in [-0.25, -0.2) is 0 Å². The summed E-state index contributed by atoms with van der Waals surface area (Å²) in [5.41, 5.74) is 7.79. The molecule has 0 bridgehead atoms. The van der Waals surface area contributed by atoms with Crippen LogP contribution in [0.25, 0.3) is 0 Å². The molecule has 0 aliphatic heterocycles. The Morgan fingerprint density at radius 1 is 1.47 bits per heavy atom. The van der Waals surface area contributed by atoms with E-state index in [0.717, 1.165) is 17.0 Å². The van der Waals surface area contributed by atoms with Crippen LogP contribution in [0.2, 0.25) is 0 Å². The van der Waals surface area contributed by atoms with Gasteiger partial charge in [0.25, 0.3) is 0 Å². The first-order valence-electron chi connectivity index (χ1n) is 4.97. The highest BCUT2D eigenvalue weighted by Gasteiger charge is 2.01. The first-order valence-corrected chi connectivity index (χ1v) is 5.96. The molecule has 1 aromatic rings. The molecule has 4 N–H and O–H groups in total. The summed E-state index contributed by atoms with van der Waals surface area (Å²) in [4.78, 5) is 0. The molecule has 6 heteroatoms. The lowest BCUT2D eigenvalue weighted by atomic mass is 10.1. The van der Waals surface area contributed by atoms with Crippen LogP contribution in [0.3, 0.4) is 0 Å². The smallest absolute Gasteiger partial charge is 0.158 e. The number of halogens is 2. The van der Waals surface area contributed by atoms with E-state index in [4.69, 9.17) is 11.1 Å².